The molecule has 1 heterocycles. The fraction of sp³-hybridized carbons (Fsp3) is 0.562. The van der Waals surface area contributed by atoms with E-state index in [1.54, 1.807) is 12.1 Å². The second-order valence-corrected chi connectivity index (χ2v) is 6.55. The number of nitrogens with two attached hydrogens (primary N) is 1. The Kier molecular flexibility index (Phi) is 9.95. The summed E-state index contributed by atoms with van der Waals surface area (Å²) in [5.74, 6) is 0.415. The van der Waals surface area contributed by atoms with Crippen LogP contribution in [0.4, 0.5) is 8.78 Å². The molecule has 1 aliphatic heterocycles. The molecule has 1 fully saturated rings. The number of nitrogens with one attached hydrogen (secondary N) is 1. The standard InChI is InChI=1S/C16H23BrF2N4O.HI/c1-2-23-7-3-4-13(23)10-22-16(20)21-9-11-8-12(17)5-6-14(11)24-15(18)19;/h5-6,8,13,15H,2-4,7,9-10H2,1H3,(H3,20,21,22);1H. The topological polar surface area (TPSA) is 62.9 Å². The number of benzene rings is 1. The van der Waals surface area contributed by atoms with Crippen LogP contribution in [0.2, 0.25) is 0 Å². The third-order valence-corrected chi connectivity index (χ3v) is 4.58. The van der Waals surface area contributed by atoms with Crippen LogP contribution < -0.4 is 15.8 Å². The lowest BCUT2D eigenvalue weighted by atomic mass is 10.2. The maximum absolute atomic E-state index is 12.5. The molecule has 0 amide bonds. The average Bonchev–Trinajstić information content (AvgIpc) is 3.00. The Labute approximate surface area is 172 Å². The summed E-state index contributed by atoms with van der Waals surface area (Å²) < 4.78 is 30.2. The first kappa shape index (κ1) is 22.4. The number of guanidine groups is 1. The van der Waals surface area contributed by atoms with E-state index in [1.165, 1.54) is 12.5 Å². The Morgan fingerprint density at radius 1 is 1.52 bits per heavy atom. The third kappa shape index (κ3) is 7.22. The van der Waals surface area contributed by atoms with Gasteiger partial charge in [-0.3, -0.25) is 4.90 Å². The van der Waals surface area contributed by atoms with Crippen LogP contribution in [0.1, 0.15) is 25.3 Å². The molecule has 0 saturated carbocycles. The number of halogens is 4. The molecule has 142 valence electrons. The highest BCUT2D eigenvalue weighted by atomic mass is 127. The fourth-order valence-electron chi connectivity index (χ4n) is 2.87. The molecule has 0 radical (unpaired) electrons. The molecule has 0 bridgehead atoms. The summed E-state index contributed by atoms with van der Waals surface area (Å²) in [6.45, 7) is 2.33. The highest BCUT2D eigenvalue weighted by molar-refractivity contribution is 14.0. The largest absolute Gasteiger partial charge is 0.434 e. The Bertz CT molecular complexity index is 577. The number of hydrogen-bond acceptors (Lipinski definition) is 3. The van der Waals surface area contributed by atoms with E-state index in [2.05, 4.69) is 42.8 Å². The zero-order valence-corrected chi connectivity index (χ0v) is 18.0. The van der Waals surface area contributed by atoms with Crippen molar-refractivity contribution < 1.29 is 13.5 Å². The Balaban J connectivity index is 0.00000312. The quantitative estimate of drug-likeness (QED) is 0.320. The minimum absolute atomic E-state index is 0. The van der Waals surface area contributed by atoms with E-state index in [9.17, 15) is 8.78 Å². The number of nitrogens with zero attached hydrogens (tertiary/aromatic N) is 2. The second-order valence-electron chi connectivity index (χ2n) is 5.64. The van der Waals surface area contributed by atoms with Gasteiger partial charge >= 0.3 is 6.61 Å². The van der Waals surface area contributed by atoms with Gasteiger partial charge in [0.25, 0.3) is 0 Å². The minimum Gasteiger partial charge on any atom is -0.434 e. The molecule has 1 saturated heterocycles. The molecule has 3 N–H and O–H groups in total. The molecule has 1 unspecified atom stereocenters. The normalized spacial score (nSPS) is 18.3. The molecule has 1 aromatic rings. The summed E-state index contributed by atoms with van der Waals surface area (Å²) in [4.78, 5) is 6.64. The molecule has 0 aliphatic carbocycles. The van der Waals surface area contributed by atoms with Crippen molar-refractivity contribution in [2.75, 3.05) is 19.6 Å². The number of likely N-dealkylation sites (tertiary alicyclic amines) is 1. The summed E-state index contributed by atoms with van der Waals surface area (Å²) in [5, 5.41) is 3.12. The maximum atomic E-state index is 12.5. The Morgan fingerprint density at radius 3 is 2.96 bits per heavy atom. The van der Waals surface area contributed by atoms with Gasteiger partial charge < -0.3 is 15.8 Å². The van der Waals surface area contributed by atoms with Crippen LogP contribution in [0.25, 0.3) is 0 Å². The summed E-state index contributed by atoms with van der Waals surface area (Å²) in [6, 6.07) is 5.30. The molecule has 1 atom stereocenters. The van der Waals surface area contributed by atoms with Gasteiger partial charge in [-0.25, -0.2) is 4.99 Å². The monoisotopic (exact) mass is 532 g/mol. The molecular weight excluding hydrogens is 509 g/mol. The van der Waals surface area contributed by atoms with E-state index in [4.69, 9.17) is 5.73 Å². The molecule has 2 rings (SSSR count). The first-order valence-electron chi connectivity index (χ1n) is 8.00. The van der Waals surface area contributed by atoms with Crippen LogP contribution >= 0.6 is 39.9 Å². The third-order valence-electron chi connectivity index (χ3n) is 4.08. The van der Waals surface area contributed by atoms with Gasteiger partial charge in [-0.05, 0) is 44.1 Å². The molecule has 1 aliphatic rings. The van der Waals surface area contributed by atoms with E-state index in [1.807, 2.05) is 0 Å². The number of aliphatic imine (C=N–C) groups is 1. The maximum Gasteiger partial charge on any atom is 0.387 e. The van der Waals surface area contributed by atoms with Gasteiger partial charge in [-0.2, -0.15) is 8.78 Å². The summed E-state index contributed by atoms with van der Waals surface area (Å²) in [5.41, 5.74) is 6.44. The van der Waals surface area contributed by atoms with Crippen LogP contribution in [0.15, 0.2) is 27.7 Å². The van der Waals surface area contributed by atoms with Crippen molar-refractivity contribution in [2.45, 2.75) is 39.0 Å². The van der Waals surface area contributed by atoms with Crippen molar-refractivity contribution in [1.29, 1.82) is 0 Å². The van der Waals surface area contributed by atoms with Crippen LogP contribution in [-0.2, 0) is 6.54 Å². The zero-order chi connectivity index (χ0) is 17.5. The number of rotatable bonds is 7. The molecule has 9 heteroatoms. The van der Waals surface area contributed by atoms with Gasteiger partial charge in [0.15, 0.2) is 5.96 Å². The van der Waals surface area contributed by atoms with Gasteiger partial charge in [-0.1, -0.05) is 22.9 Å². The summed E-state index contributed by atoms with van der Waals surface area (Å²) in [7, 11) is 0. The van der Waals surface area contributed by atoms with Gasteiger partial charge in [0.1, 0.15) is 5.75 Å². The summed E-state index contributed by atoms with van der Waals surface area (Å²) >= 11 is 3.32. The van der Waals surface area contributed by atoms with E-state index in [0.717, 1.165) is 30.5 Å². The predicted octanol–water partition coefficient (Wildman–Crippen LogP) is 3.56. The lowest BCUT2D eigenvalue weighted by molar-refractivity contribution is -0.0504. The van der Waals surface area contributed by atoms with Crippen LogP contribution in [-0.4, -0.2) is 43.1 Å². The molecule has 0 aromatic heterocycles. The van der Waals surface area contributed by atoms with Crippen molar-refractivity contribution in [3.63, 3.8) is 0 Å². The SMILES string of the molecule is CCN1CCCC1CNC(N)=NCc1cc(Br)ccc1OC(F)F.I. The smallest absolute Gasteiger partial charge is 0.387 e. The number of hydrogen-bond donors (Lipinski definition) is 2. The van der Waals surface area contributed by atoms with Crippen molar-refractivity contribution in [2.24, 2.45) is 10.7 Å². The van der Waals surface area contributed by atoms with Crippen molar-refractivity contribution in [1.82, 2.24) is 10.2 Å². The summed E-state index contributed by atoms with van der Waals surface area (Å²) in [6.07, 6.45) is 2.34. The van der Waals surface area contributed by atoms with Crippen molar-refractivity contribution in [3.8, 4) is 5.75 Å². The fourth-order valence-corrected chi connectivity index (χ4v) is 3.28. The van der Waals surface area contributed by atoms with Crippen LogP contribution in [0, 0.1) is 0 Å². The lowest BCUT2D eigenvalue weighted by Crippen LogP contribution is -2.42. The van der Waals surface area contributed by atoms with Crippen molar-refractivity contribution >= 4 is 45.9 Å². The highest BCUT2D eigenvalue weighted by Gasteiger charge is 2.22. The van der Waals surface area contributed by atoms with Gasteiger partial charge in [-0.15, -0.1) is 24.0 Å². The molecule has 1 aromatic carbocycles. The van der Waals surface area contributed by atoms with Crippen LogP contribution in [0.5, 0.6) is 5.75 Å². The number of likely N-dealkylation sites (N-methyl/N-ethyl adjacent to an activating group) is 1. The average molecular weight is 533 g/mol. The Morgan fingerprint density at radius 2 is 2.28 bits per heavy atom. The number of ether oxygens (including phenoxy) is 1. The Hall–Kier alpha value is -0.680. The van der Waals surface area contributed by atoms with E-state index < -0.39 is 6.61 Å². The second kappa shape index (κ2) is 11.1. The minimum atomic E-state index is -2.87. The first-order chi connectivity index (χ1) is 11.5. The van der Waals surface area contributed by atoms with Gasteiger partial charge in [0.2, 0.25) is 0 Å². The predicted molar refractivity (Wildman–Crippen MR) is 110 cm³/mol. The molecular formula is C16H24BrF2IN4O. The zero-order valence-electron chi connectivity index (χ0n) is 14.1. The van der Waals surface area contributed by atoms with E-state index >= 15 is 0 Å². The molecule has 0 spiro atoms. The van der Waals surface area contributed by atoms with Gasteiger partial charge in [0, 0.05) is 22.6 Å². The number of alkyl halides is 2. The first-order valence-corrected chi connectivity index (χ1v) is 8.80. The molecule has 25 heavy (non-hydrogen) atoms. The highest BCUT2D eigenvalue weighted by Crippen LogP contribution is 2.25. The van der Waals surface area contributed by atoms with Crippen molar-refractivity contribution in [3.05, 3.63) is 28.2 Å². The van der Waals surface area contributed by atoms with E-state index in [-0.39, 0.29) is 36.3 Å². The lowest BCUT2D eigenvalue weighted by Gasteiger charge is -2.23. The van der Waals surface area contributed by atoms with Gasteiger partial charge in [0.05, 0.1) is 6.54 Å². The van der Waals surface area contributed by atoms with E-state index in [0.29, 0.717) is 17.6 Å². The van der Waals surface area contributed by atoms with Crippen LogP contribution in [0.3, 0.4) is 0 Å². The molecule has 5 nitrogen and oxygen atoms in total.